The van der Waals surface area contributed by atoms with Crippen LogP contribution in [0.1, 0.15) is 30.4 Å². The Kier molecular flexibility index (Phi) is 5.84. The number of allylic oxidation sites excluding steroid dienone is 1. The van der Waals surface area contributed by atoms with E-state index in [-0.39, 0.29) is 24.0 Å². The van der Waals surface area contributed by atoms with Gasteiger partial charge in [-0.15, -0.1) is 0 Å². The van der Waals surface area contributed by atoms with Gasteiger partial charge in [-0.2, -0.15) is 0 Å². The molecule has 4 heteroatoms. The van der Waals surface area contributed by atoms with Crippen LogP contribution in [0.3, 0.4) is 0 Å². The maximum Gasteiger partial charge on any atom is 0.217 e. The second-order valence-electron chi connectivity index (χ2n) is 6.53. The highest BCUT2D eigenvalue weighted by Gasteiger charge is 2.36. The minimum absolute atomic E-state index is 0.102. The molecule has 0 aromatic heterocycles. The normalized spacial score (nSPS) is 22.0. The maximum atomic E-state index is 11.8. The van der Waals surface area contributed by atoms with Crippen molar-refractivity contribution in [2.24, 2.45) is 0 Å². The quantitative estimate of drug-likeness (QED) is 0.814. The number of hydrogen-bond acceptors (Lipinski definition) is 3. The van der Waals surface area contributed by atoms with E-state index in [0.717, 1.165) is 18.3 Å². The maximum absolute atomic E-state index is 11.8. The molecule has 2 aromatic carbocycles. The van der Waals surface area contributed by atoms with Gasteiger partial charge in [0.1, 0.15) is 6.10 Å². The predicted molar refractivity (Wildman–Crippen MR) is 101 cm³/mol. The molecule has 1 amide bonds. The third kappa shape index (κ3) is 4.39. The lowest BCUT2D eigenvalue weighted by atomic mass is 9.84. The molecule has 1 N–H and O–H groups in total. The Morgan fingerprint density at radius 3 is 2.35 bits per heavy atom. The van der Waals surface area contributed by atoms with Crippen LogP contribution in [-0.2, 0) is 20.7 Å². The van der Waals surface area contributed by atoms with E-state index in [1.165, 1.54) is 12.5 Å². The number of carbonyl (C=O) groups is 2. The van der Waals surface area contributed by atoms with Gasteiger partial charge in [0.05, 0.1) is 6.04 Å². The molecule has 1 aliphatic heterocycles. The van der Waals surface area contributed by atoms with Crippen LogP contribution in [0, 0.1) is 0 Å². The summed E-state index contributed by atoms with van der Waals surface area (Å²) in [7, 11) is 0. The first-order valence-corrected chi connectivity index (χ1v) is 8.87. The van der Waals surface area contributed by atoms with E-state index in [1.54, 1.807) is 0 Å². The molecule has 134 valence electrons. The number of ether oxygens (including phenoxy) is 1. The van der Waals surface area contributed by atoms with Crippen LogP contribution in [0.15, 0.2) is 72.5 Å². The SMILES string of the molecule is CC(=O)N[C@@H]1[C@@H](CCc2ccccc2)OC(C=O)=C[C@H]1c1ccccc1. The second kappa shape index (κ2) is 8.48. The number of aldehydes is 1. The summed E-state index contributed by atoms with van der Waals surface area (Å²) in [5.41, 5.74) is 2.26. The van der Waals surface area contributed by atoms with Crippen molar-refractivity contribution in [1.82, 2.24) is 5.32 Å². The Morgan fingerprint density at radius 2 is 1.73 bits per heavy atom. The molecule has 4 nitrogen and oxygen atoms in total. The summed E-state index contributed by atoms with van der Waals surface area (Å²) in [6.07, 6.45) is 3.81. The number of nitrogens with one attached hydrogen (secondary N) is 1. The van der Waals surface area contributed by atoms with Crippen LogP contribution >= 0.6 is 0 Å². The molecular weight excluding hydrogens is 326 g/mol. The van der Waals surface area contributed by atoms with Crippen LogP contribution in [0.5, 0.6) is 0 Å². The summed E-state index contributed by atoms with van der Waals surface area (Å²) in [5.74, 6) is 0.125. The molecule has 0 saturated heterocycles. The number of aryl methyl sites for hydroxylation is 1. The molecule has 0 bridgehead atoms. The largest absolute Gasteiger partial charge is 0.485 e. The molecule has 1 aliphatic rings. The third-order valence-electron chi connectivity index (χ3n) is 4.65. The summed E-state index contributed by atoms with van der Waals surface area (Å²) in [6.45, 7) is 1.51. The Bertz CT molecular complexity index is 770. The third-order valence-corrected chi connectivity index (χ3v) is 4.65. The van der Waals surface area contributed by atoms with Crippen LogP contribution in [0.4, 0.5) is 0 Å². The van der Waals surface area contributed by atoms with Crippen molar-refractivity contribution in [3.05, 3.63) is 83.6 Å². The molecule has 1 heterocycles. The van der Waals surface area contributed by atoms with E-state index in [2.05, 4.69) is 17.4 Å². The molecule has 26 heavy (non-hydrogen) atoms. The van der Waals surface area contributed by atoms with Crippen LogP contribution in [-0.4, -0.2) is 24.3 Å². The fourth-order valence-corrected chi connectivity index (χ4v) is 3.45. The Morgan fingerprint density at radius 1 is 1.08 bits per heavy atom. The van der Waals surface area contributed by atoms with E-state index in [1.807, 2.05) is 54.6 Å². The van der Waals surface area contributed by atoms with Gasteiger partial charge >= 0.3 is 0 Å². The van der Waals surface area contributed by atoms with Gasteiger partial charge in [0.25, 0.3) is 0 Å². The molecule has 3 atom stereocenters. The summed E-state index contributed by atoms with van der Waals surface area (Å²) in [4.78, 5) is 23.2. The van der Waals surface area contributed by atoms with Crippen molar-refractivity contribution in [3.8, 4) is 0 Å². The highest BCUT2D eigenvalue weighted by molar-refractivity contribution is 5.74. The number of carbonyl (C=O) groups excluding carboxylic acids is 2. The molecule has 0 saturated carbocycles. The summed E-state index contributed by atoms with van der Waals surface area (Å²) >= 11 is 0. The number of benzene rings is 2. The number of hydrogen-bond donors (Lipinski definition) is 1. The van der Waals surface area contributed by atoms with Gasteiger partial charge in [0.2, 0.25) is 5.91 Å². The first-order valence-electron chi connectivity index (χ1n) is 8.87. The zero-order chi connectivity index (χ0) is 18.4. The van der Waals surface area contributed by atoms with E-state index >= 15 is 0 Å². The van der Waals surface area contributed by atoms with Crippen molar-refractivity contribution >= 4 is 12.2 Å². The van der Waals surface area contributed by atoms with Gasteiger partial charge < -0.3 is 10.1 Å². The Balaban J connectivity index is 1.87. The zero-order valence-electron chi connectivity index (χ0n) is 14.8. The van der Waals surface area contributed by atoms with Crippen LogP contribution in [0.2, 0.25) is 0 Å². The molecule has 0 fully saturated rings. The molecule has 0 radical (unpaired) electrons. The fourth-order valence-electron chi connectivity index (χ4n) is 3.45. The smallest absolute Gasteiger partial charge is 0.217 e. The van der Waals surface area contributed by atoms with E-state index in [4.69, 9.17) is 4.74 Å². The van der Waals surface area contributed by atoms with Crippen molar-refractivity contribution < 1.29 is 14.3 Å². The van der Waals surface area contributed by atoms with Gasteiger partial charge in [0.15, 0.2) is 12.0 Å². The zero-order valence-corrected chi connectivity index (χ0v) is 14.8. The van der Waals surface area contributed by atoms with Crippen LogP contribution < -0.4 is 5.32 Å². The highest BCUT2D eigenvalue weighted by Crippen LogP contribution is 2.32. The molecule has 0 unspecified atom stereocenters. The average Bonchev–Trinajstić information content (AvgIpc) is 2.68. The minimum atomic E-state index is -0.269. The fraction of sp³-hybridized carbons (Fsp3) is 0.273. The van der Waals surface area contributed by atoms with Crippen molar-refractivity contribution in [3.63, 3.8) is 0 Å². The first kappa shape index (κ1) is 17.9. The Hall–Kier alpha value is -2.88. The van der Waals surface area contributed by atoms with Crippen LogP contribution in [0.25, 0.3) is 0 Å². The Labute approximate surface area is 153 Å². The number of rotatable bonds is 6. The first-order chi connectivity index (χ1) is 12.7. The van der Waals surface area contributed by atoms with Gasteiger partial charge in [-0.25, -0.2) is 0 Å². The lowest BCUT2D eigenvalue weighted by molar-refractivity contribution is -0.121. The summed E-state index contributed by atoms with van der Waals surface area (Å²) < 4.78 is 5.90. The van der Waals surface area contributed by atoms with Gasteiger partial charge in [0, 0.05) is 12.8 Å². The molecule has 3 rings (SSSR count). The lowest BCUT2D eigenvalue weighted by Crippen LogP contribution is -2.49. The molecule has 0 aliphatic carbocycles. The number of amides is 1. The second-order valence-corrected chi connectivity index (χ2v) is 6.53. The topological polar surface area (TPSA) is 55.4 Å². The van der Waals surface area contributed by atoms with Gasteiger partial charge in [-0.05, 0) is 30.0 Å². The molecular formula is C22H23NO3. The standard InChI is InChI=1S/C22H23NO3/c1-16(25)23-22-20(18-10-6-3-7-11-18)14-19(15-24)26-21(22)13-12-17-8-4-2-5-9-17/h2-11,14-15,20-22H,12-13H2,1H3,(H,23,25)/t20-,21+,22-/m0/s1. The monoisotopic (exact) mass is 349 g/mol. The minimum Gasteiger partial charge on any atom is -0.485 e. The molecule has 0 spiro atoms. The van der Waals surface area contributed by atoms with Crippen molar-refractivity contribution in [1.29, 1.82) is 0 Å². The predicted octanol–water partition coefficient (Wildman–Crippen LogP) is 3.39. The van der Waals surface area contributed by atoms with Gasteiger partial charge in [-0.3, -0.25) is 9.59 Å². The lowest BCUT2D eigenvalue weighted by Gasteiger charge is -2.37. The van der Waals surface area contributed by atoms with Crippen molar-refractivity contribution in [2.45, 2.75) is 37.8 Å². The summed E-state index contributed by atoms with van der Waals surface area (Å²) in [5, 5.41) is 3.04. The highest BCUT2D eigenvalue weighted by atomic mass is 16.5. The molecule has 2 aromatic rings. The summed E-state index contributed by atoms with van der Waals surface area (Å²) in [6, 6.07) is 19.8. The van der Waals surface area contributed by atoms with E-state index in [0.29, 0.717) is 12.2 Å². The average molecular weight is 349 g/mol. The van der Waals surface area contributed by atoms with Crippen molar-refractivity contribution in [2.75, 3.05) is 0 Å². The van der Waals surface area contributed by atoms with E-state index < -0.39 is 0 Å². The van der Waals surface area contributed by atoms with E-state index in [9.17, 15) is 9.59 Å². The van der Waals surface area contributed by atoms with Gasteiger partial charge in [-0.1, -0.05) is 60.7 Å².